The van der Waals surface area contributed by atoms with Crippen LogP contribution < -0.4 is 4.90 Å². The van der Waals surface area contributed by atoms with Crippen LogP contribution in [0.25, 0.3) is 0 Å². The fraction of sp³-hybridized carbons (Fsp3) is 0.700. The third-order valence-electron chi connectivity index (χ3n) is 2.57. The maximum absolute atomic E-state index is 12.2. The first-order valence-electron chi connectivity index (χ1n) is 5.29. The number of aliphatic hydroxyl groups is 1. The van der Waals surface area contributed by atoms with Gasteiger partial charge in [0.05, 0.1) is 17.2 Å². The van der Waals surface area contributed by atoms with Crippen molar-refractivity contribution in [2.75, 3.05) is 18.5 Å². The lowest BCUT2D eigenvalue weighted by Gasteiger charge is -2.17. The predicted octanol–water partition coefficient (Wildman–Crippen LogP) is 2.51. The smallest absolute Gasteiger partial charge is 0.391 e. The van der Waals surface area contributed by atoms with Gasteiger partial charge in [0.1, 0.15) is 6.54 Å². The molecule has 0 aliphatic heterocycles. The molecule has 1 saturated carbocycles. The number of aliphatic hydroxyl groups excluding tert-OH is 1. The van der Waals surface area contributed by atoms with Gasteiger partial charge in [-0.1, -0.05) is 11.3 Å². The number of aromatic nitrogens is 1. The summed E-state index contributed by atoms with van der Waals surface area (Å²) in [7, 11) is 1.37. The monoisotopic (exact) mass is 266 g/mol. The van der Waals surface area contributed by atoms with Crippen molar-refractivity contribution in [2.24, 2.45) is 0 Å². The van der Waals surface area contributed by atoms with Crippen LogP contribution in [-0.2, 0) is 6.61 Å². The summed E-state index contributed by atoms with van der Waals surface area (Å²) in [6, 6.07) is 0. The van der Waals surface area contributed by atoms with E-state index in [-0.39, 0.29) is 6.61 Å². The van der Waals surface area contributed by atoms with Crippen molar-refractivity contribution >= 4 is 16.5 Å². The zero-order chi connectivity index (χ0) is 12.6. The average molecular weight is 266 g/mol. The highest BCUT2D eigenvalue weighted by atomic mass is 32.1. The van der Waals surface area contributed by atoms with Crippen LogP contribution in [0.2, 0.25) is 0 Å². The number of anilines is 1. The van der Waals surface area contributed by atoms with Gasteiger partial charge in [0.15, 0.2) is 5.13 Å². The second-order valence-corrected chi connectivity index (χ2v) is 5.27. The summed E-state index contributed by atoms with van der Waals surface area (Å²) in [5, 5.41) is 9.48. The van der Waals surface area contributed by atoms with Crippen molar-refractivity contribution in [3.63, 3.8) is 0 Å². The Kier molecular flexibility index (Phi) is 3.31. The predicted molar refractivity (Wildman–Crippen MR) is 59.3 cm³/mol. The highest BCUT2D eigenvalue weighted by Crippen LogP contribution is 2.44. The largest absolute Gasteiger partial charge is 0.405 e. The highest BCUT2D eigenvalue weighted by Gasteiger charge is 2.33. The minimum absolute atomic E-state index is 0.149. The quantitative estimate of drug-likeness (QED) is 0.909. The molecule has 0 aromatic carbocycles. The van der Waals surface area contributed by atoms with E-state index < -0.39 is 12.7 Å². The van der Waals surface area contributed by atoms with Crippen LogP contribution in [0.4, 0.5) is 18.3 Å². The topological polar surface area (TPSA) is 36.4 Å². The Labute approximate surface area is 101 Å². The van der Waals surface area contributed by atoms with E-state index in [1.807, 2.05) is 0 Å². The summed E-state index contributed by atoms with van der Waals surface area (Å²) >= 11 is 1.14. The van der Waals surface area contributed by atoms with Gasteiger partial charge in [-0.3, -0.25) is 0 Å². The van der Waals surface area contributed by atoms with E-state index in [9.17, 15) is 13.2 Å². The normalized spacial score (nSPS) is 16.3. The van der Waals surface area contributed by atoms with Gasteiger partial charge in [-0.2, -0.15) is 13.2 Å². The van der Waals surface area contributed by atoms with Gasteiger partial charge >= 0.3 is 6.18 Å². The van der Waals surface area contributed by atoms with Crippen LogP contribution in [-0.4, -0.2) is 29.9 Å². The summed E-state index contributed by atoms with van der Waals surface area (Å²) in [6.07, 6.45) is -2.21. The van der Waals surface area contributed by atoms with Crippen LogP contribution in [0, 0.1) is 0 Å². The van der Waals surface area contributed by atoms with Crippen LogP contribution in [0.5, 0.6) is 0 Å². The molecule has 0 unspecified atom stereocenters. The number of hydrogen-bond acceptors (Lipinski definition) is 4. The number of nitrogens with zero attached hydrogens (tertiary/aromatic N) is 2. The summed E-state index contributed by atoms with van der Waals surface area (Å²) in [5.74, 6) is 0.335. The van der Waals surface area contributed by atoms with Crippen LogP contribution >= 0.6 is 11.3 Å². The molecule has 1 aromatic heterocycles. The maximum atomic E-state index is 12.2. The molecule has 1 N–H and O–H groups in total. The molecule has 0 amide bonds. The van der Waals surface area contributed by atoms with Gasteiger partial charge < -0.3 is 10.0 Å². The summed E-state index contributed by atoms with van der Waals surface area (Å²) < 4.78 is 36.7. The lowest BCUT2D eigenvalue weighted by Crippen LogP contribution is -2.30. The molecule has 17 heavy (non-hydrogen) atoms. The molecule has 0 saturated heterocycles. The zero-order valence-corrected chi connectivity index (χ0v) is 10.1. The standard InChI is InChI=1S/C10H13F3N2OS/c1-15(5-10(11,12)13)9-14-8(6-2-3-6)7(4-16)17-9/h6,16H,2-5H2,1H3. The molecule has 1 aliphatic carbocycles. The second-order valence-electron chi connectivity index (χ2n) is 4.21. The molecule has 0 atom stereocenters. The van der Waals surface area contributed by atoms with Crippen molar-refractivity contribution < 1.29 is 18.3 Å². The highest BCUT2D eigenvalue weighted by molar-refractivity contribution is 7.15. The fourth-order valence-corrected chi connectivity index (χ4v) is 2.61. The summed E-state index contributed by atoms with van der Waals surface area (Å²) in [6.45, 7) is -1.17. The molecule has 3 nitrogen and oxygen atoms in total. The first-order valence-corrected chi connectivity index (χ1v) is 6.10. The molecule has 0 radical (unpaired) electrons. The molecule has 0 spiro atoms. The number of hydrogen-bond donors (Lipinski definition) is 1. The lowest BCUT2D eigenvalue weighted by molar-refractivity contribution is -0.119. The SMILES string of the molecule is CN(CC(F)(F)F)c1nc(C2CC2)c(CO)s1. The molecule has 1 aromatic rings. The first-order chi connectivity index (χ1) is 7.90. The van der Waals surface area contributed by atoms with Gasteiger partial charge in [-0.25, -0.2) is 4.98 Å². The molecular formula is C10H13F3N2OS. The van der Waals surface area contributed by atoms with E-state index >= 15 is 0 Å². The third kappa shape index (κ3) is 3.10. The van der Waals surface area contributed by atoms with Crippen LogP contribution in [0.15, 0.2) is 0 Å². The number of halogens is 3. The molecule has 0 bridgehead atoms. The molecule has 1 fully saturated rings. The van der Waals surface area contributed by atoms with E-state index in [0.717, 1.165) is 34.8 Å². The van der Waals surface area contributed by atoms with E-state index in [1.165, 1.54) is 7.05 Å². The molecule has 1 heterocycles. The fourth-order valence-electron chi connectivity index (χ4n) is 1.64. The molecule has 1 aliphatic rings. The third-order valence-corrected chi connectivity index (χ3v) is 3.74. The number of rotatable bonds is 4. The Hall–Kier alpha value is -0.820. The minimum Gasteiger partial charge on any atom is -0.391 e. The van der Waals surface area contributed by atoms with E-state index in [2.05, 4.69) is 4.98 Å². The second kappa shape index (κ2) is 4.45. The van der Waals surface area contributed by atoms with Crippen LogP contribution in [0.1, 0.15) is 29.3 Å². The van der Waals surface area contributed by atoms with Gasteiger partial charge in [0, 0.05) is 13.0 Å². The molecular weight excluding hydrogens is 253 g/mol. The average Bonchev–Trinajstić information content (AvgIpc) is 2.95. The van der Waals surface area contributed by atoms with Gasteiger partial charge in [-0.15, -0.1) is 0 Å². The zero-order valence-electron chi connectivity index (χ0n) is 9.29. The first kappa shape index (κ1) is 12.6. The van der Waals surface area contributed by atoms with E-state index in [4.69, 9.17) is 5.11 Å². The van der Waals surface area contributed by atoms with Crippen molar-refractivity contribution in [3.05, 3.63) is 10.6 Å². The maximum Gasteiger partial charge on any atom is 0.405 e. The Morgan fingerprint density at radius 1 is 1.47 bits per heavy atom. The van der Waals surface area contributed by atoms with Crippen molar-refractivity contribution in [3.8, 4) is 0 Å². The minimum atomic E-state index is -4.24. The Balaban J connectivity index is 2.15. The lowest BCUT2D eigenvalue weighted by atomic mass is 10.2. The van der Waals surface area contributed by atoms with Gasteiger partial charge in [0.2, 0.25) is 0 Å². The summed E-state index contributed by atoms with van der Waals surface area (Å²) in [4.78, 5) is 5.98. The Morgan fingerprint density at radius 3 is 2.59 bits per heavy atom. The van der Waals surface area contributed by atoms with Gasteiger partial charge in [0.25, 0.3) is 0 Å². The molecule has 7 heteroatoms. The Bertz CT molecular complexity index is 401. The van der Waals surface area contributed by atoms with Gasteiger partial charge in [-0.05, 0) is 12.8 Å². The van der Waals surface area contributed by atoms with E-state index in [1.54, 1.807) is 0 Å². The number of alkyl halides is 3. The number of thiazole rings is 1. The van der Waals surface area contributed by atoms with E-state index in [0.29, 0.717) is 15.9 Å². The Morgan fingerprint density at radius 2 is 2.12 bits per heavy atom. The molecule has 96 valence electrons. The van der Waals surface area contributed by atoms with Crippen molar-refractivity contribution in [1.29, 1.82) is 0 Å². The molecule has 2 rings (SSSR count). The summed E-state index contributed by atoms with van der Waals surface area (Å²) in [5.41, 5.74) is 0.779. The van der Waals surface area contributed by atoms with Crippen LogP contribution in [0.3, 0.4) is 0 Å². The van der Waals surface area contributed by atoms with Crippen molar-refractivity contribution in [1.82, 2.24) is 4.98 Å². The van der Waals surface area contributed by atoms with Crippen molar-refractivity contribution in [2.45, 2.75) is 31.5 Å².